The van der Waals surface area contributed by atoms with Crippen molar-refractivity contribution in [1.82, 2.24) is 5.32 Å². The third-order valence-electron chi connectivity index (χ3n) is 3.03. The Bertz CT molecular complexity index is 182. The van der Waals surface area contributed by atoms with Gasteiger partial charge in [-0.15, -0.1) is 0 Å². The van der Waals surface area contributed by atoms with Crippen LogP contribution in [0.15, 0.2) is 0 Å². The Morgan fingerprint density at radius 1 is 1.24 bits per heavy atom. The molecule has 4 heteroatoms. The second-order valence-electron chi connectivity index (χ2n) is 5.06. The van der Waals surface area contributed by atoms with Crippen LogP contribution in [0.5, 0.6) is 0 Å². The predicted octanol–water partition coefficient (Wildman–Crippen LogP) is 1.30. The van der Waals surface area contributed by atoms with Crippen LogP contribution in [0.25, 0.3) is 0 Å². The van der Waals surface area contributed by atoms with E-state index in [9.17, 15) is 0 Å². The molecule has 0 aromatic heterocycles. The zero-order chi connectivity index (χ0) is 12.5. The van der Waals surface area contributed by atoms with Gasteiger partial charge in [-0.05, 0) is 19.4 Å². The Balaban J connectivity index is 1.99. The number of ether oxygens (including phenoxy) is 3. The van der Waals surface area contributed by atoms with Gasteiger partial charge in [0.15, 0.2) is 0 Å². The van der Waals surface area contributed by atoms with Crippen molar-refractivity contribution in [2.24, 2.45) is 11.8 Å². The highest BCUT2D eigenvalue weighted by Gasteiger charge is 2.24. The molecule has 0 amide bonds. The number of hydrogen-bond acceptors (Lipinski definition) is 4. The van der Waals surface area contributed by atoms with Gasteiger partial charge in [-0.25, -0.2) is 0 Å². The molecule has 1 aliphatic rings. The molecule has 0 saturated carbocycles. The summed E-state index contributed by atoms with van der Waals surface area (Å²) >= 11 is 0. The Labute approximate surface area is 105 Å². The lowest BCUT2D eigenvalue weighted by molar-refractivity contribution is 0.0245. The highest BCUT2D eigenvalue weighted by molar-refractivity contribution is 4.77. The Kier molecular flexibility index (Phi) is 7.77. The first-order valence-electron chi connectivity index (χ1n) is 6.64. The van der Waals surface area contributed by atoms with Crippen LogP contribution in [0.3, 0.4) is 0 Å². The van der Waals surface area contributed by atoms with E-state index < -0.39 is 0 Å². The molecule has 2 atom stereocenters. The standard InChI is InChI=1S/C13H27NO3/c1-11(2)8-16-6-7-17-10-13(14-3)12-4-5-15-9-12/h11-14H,4-10H2,1-3H3. The molecule has 4 nitrogen and oxygen atoms in total. The zero-order valence-corrected chi connectivity index (χ0v) is 11.4. The summed E-state index contributed by atoms with van der Waals surface area (Å²) in [4.78, 5) is 0. The van der Waals surface area contributed by atoms with Crippen LogP contribution < -0.4 is 5.32 Å². The minimum atomic E-state index is 0.405. The van der Waals surface area contributed by atoms with E-state index in [4.69, 9.17) is 14.2 Å². The summed E-state index contributed by atoms with van der Waals surface area (Å²) < 4.78 is 16.5. The second-order valence-corrected chi connectivity index (χ2v) is 5.06. The molecule has 0 spiro atoms. The van der Waals surface area contributed by atoms with Crippen LogP contribution in [0, 0.1) is 11.8 Å². The van der Waals surface area contributed by atoms with Crippen molar-refractivity contribution in [1.29, 1.82) is 0 Å². The van der Waals surface area contributed by atoms with Crippen LogP contribution in [0.1, 0.15) is 20.3 Å². The lowest BCUT2D eigenvalue weighted by Gasteiger charge is -2.21. The topological polar surface area (TPSA) is 39.7 Å². The number of likely N-dealkylation sites (N-methyl/N-ethyl adjacent to an activating group) is 1. The first kappa shape index (κ1) is 14.9. The third-order valence-corrected chi connectivity index (χ3v) is 3.03. The maximum atomic E-state index is 5.64. The lowest BCUT2D eigenvalue weighted by atomic mass is 10.0. The van der Waals surface area contributed by atoms with Crippen LogP contribution in [-0.4, -0.2) is 52.7 Å². The van der Waals surface area contributed by atoms with E-state index in [0.29, 0.717) is 31.1 Å². The predicted molar refractivity (Wildman–Crippen MR) is 68.2 cm³/mol. The largest absolute Gasteiger partial charge is 0.381 e. The Morgan fingerprint density at radius 2 is 1.94 bits per heavy atom. The van der Waals surface area contributed by atoms with E-state index in [1.807, 2.05) is 7.05 Å². The molecule has 1 saturated heterocycles. The van der Waals surface area contributed by atoms with Crippen molar-refractivity contribution in [2.75, 3.05) is 46.7 Å². The summed E-state index contributed by atoms with van der Waals surface area (Å²) in [5.74, 6) is 1.19. The van der Waals surface area contributed by atoms with Gasteiger partial charge in [0, 0.05) is 25.2 Å². The number of rotatable bonds is 9. The van der Waals surface area contributed by atoms with Gasteiger partial charge in [0.1, 0.15) is 0 Å². The van der Waals surface area contributed by atoms with Gasteiger partial charge in [-0.3, -0.25) is 0 Å². The summed E-state index contributed by atoms with van der Waals surface area (Å²) in [5, 5.41) is 3.31. The van der Waals surface area contributed by atoms with Gasteiger partial charge in [-0.1, -0.05) is 13.8 Å². The van der Waals surface area contributed by atoms with Crippen molar-refractivity contribution in [3.63, 3.8) is 0 Å². The average Bonchev–Trinajstić information content (AvgIpc) is 2.81. The maximum absolute atomic E-state index is 5.64. The van der Waals surface area contributed by atoms with Crippen LogP contribution in [0.2, 0.25) is 0 Å². The van der Waals surface area contributed by atoms with Gasteiger partial charge in [-0.2, -0.15) is 0 Å². The monoisotopic (exact) mass is 245 g/mol. The van der Waals surface area contributed by atoms with Crippen molar-refractivity contribution in [3.8, 4) is 0 Å². The van der Waals surface area contributed by atoms with E-state index >= 15 is 0 Å². The minimum absolute atomic E-state index is 0.405. The smallest absolute Gasteiger partial charge is 0.0701 e. The highest BCUT2D eigenvalue weighted by Crippen LogP contribution is 2.16. The van der Waals surface area contributed by atoms with Crippen molar-refractivity contribution in [2.45, 2.75) is 26.3 Å². The van der Waals surface area contributed by atoms with Crippen LogP contribution in [0.4, 0.5) is 0 Å². The van der Waals surface area contributed by atoms with E-state index in [-0.39, 0.29) is 0 Å². The van der Waals surface area contributed by atoms with Gasteiger partial charge < -0.3 is 19.5 Å². The molecule has 0 aromatic rings. The fraction of sp³-hybridized carbons (Fsp3) is 1.00. The summed E-state index contributed by atoms with van der Waals surface area (Å²) in [6.07, 6.45) is 1.14. The van der Waals surface area contributed by atoms with E-state index in [0.717, 1.165) is 32.8 Å². The van der Waals surface area contributed by atoms with Crippen LogP contribution in [-0.2, 0) is 14.2 Å². The van der Waals surface area contributed by atoms with E-state index in [1.165, 1.54) is 0 Å². The summed E-state index contributed by atoms with van der Waals surface area (Å²) in [7, 11) is 1.99. The molecule has 1 heterocycles. The van der Waals surface area contributed by atoms with Gasteiger partial charge in [0.25, 0.3) is 0 Å². The molecule has 17 heavy (non-hydrogen) atoms. The zero-order valence-electron chi connectivity index (χ0n) is 11.4. The minimum Gasteiger partial charge on any atom is -0.381 e. The van der Waals surface area contributed by atoms with Crippen molar-refractivity contribution < 1.29 is 14.2 Å². The quantitative estimate of drug-likeness (QED) is 0.622. The van der Waals surface area contributed by atoms with Crippen molar-refractivity contribution >= 4 is 0 Å². The molecule has 102 valence electrons. The highest BCUT2D eigenvalue weighted by atomic mass is 16.5. The average molecular weight is 245 g/mol. The lowest BCUT2D eigenvalue weighted by Crippen LogP contribution is -2.38. The van der Waals surface area contributed by atoms with E-state index in [2.05, 4.69) is 19.2 Å². The second kappa shape index (κ2) is 8.86. The summed E-state index contributed by atoms with van der Waals surface area (Å²) in [6, 6.07) is 0.405. The first-order valence-corrected chi connectivity index (χ1v) is 6.64. The van der Waals surface area contributed by atoms with E-state index in [1.54, 1.807) is 0 Å². The van der Waals surface area contributed by atoms with Gasteiger partial charge in [0.2, 0.25) is 0 Å². The summed E-state index contributed by atoms with van der Waals surface area (Å²) in [6.45, 7) is 8.98. The summed E-state index contributed by atoms with van der Waals surface area (Å²) in [5.41, 5.74) is 0. The molecule has 1 rings (SSSR count). The molecule has 1 aliphatic heterocycles. The van der Waals surface area contributed by atoms with Crippen LogP contribution >= 0.6 is 0 Å². The molecule has 2 unspecified atom stereocenters. The number of nitrogens with one attached hydrogen (secondary N) is 1. The molecular weight excluding hydrogens is 218 g/mol. The fourth-order valence-electron chi connectivity index (χ4n) is 1.97. The Morgan fingerprint density at radius 3 is 2.47 bits per heavy atom. The molecular formula is C13H27NO3. The molecule has 0 aliphatic carbocycles. The first-order chi connectivity index (χ1) is 8.24. The molecule has 0 aromatic carbocycles. The van der Waals surface area contributed by atoms with Gasteiger partial charge >= 0.3 is 0 Å². The van der Waals surface area contributed by atoms with Crippen molar-refractivity contribution in [3.05, 3.63) is 0 Å². The SMILES string of the molecule is CNC(COCCOCC(C)C)C1CCOC1. The van der Waals surface area contributed by atoms with Gasteiger partial charge in [0.05, 0.1) is 26.4 Å². The number of hydrogen-bond donors (Lipinski definition) is 1. The molecule has 0 bridgehead atoms. The maximum Gasteiger partial charge on any atom is 0.0701 e. The molecule has 1 fully saturated rings. The molecule has 1 N–H and O–H groups in total. The fourth-order valence-corrected chi connectivity index (χ4v) is 1.97. The third kappa shape index (κ3) is 6.36. The normalized spacial score (nSPS) is 22.2. The Hall–Kier alpha value is -0.160. The molecule has 0 radical (unpaired) electrons.